The molecule has 1 aromatic rings. The number of carbonyl (C=O) groups excluding carboxylic acids is 1. The van der Waals surface area contributed by atoms with E-state index >= 15 is 0 Å². The SMILES string of the molecule is C[Si](C)(C)N(Cc1ccccc1)N=CCCC=O. The molecule has 18 heavy (non-hydrogen) atoms. The van der Waals surface area contributed by atoms with Gasteiger partial charge in [0.15, 0.2) is 8.24 Å². The molecular formula is C14H22N2OSi. The fourth-order valence-corrected chi connectivity index (χ4v) is 2.59. The summed E-state index contributed by atoms with van der Waals surface area (Å²) in [6.45, 7) is 7.65. The van der Waals surface area contributed by atoms with E-state index in [4.69, 9.17) is 0 Å². The first-order chi connectivity index (χ1) is 8.54. The third-order valence-electron chi connectivity index (χ3n) is 2.58. The van der Waals surface area contributed by atoms with E-state index in [-0.39, 0.29) is 0 Å². The van der Waals surface area contributed by atoms with Gasteiger partial charge in [-0.2, -0.15) is 5.10 Å². The van der Waals surface area contributed by atoms with Crippen LogP contribution in [0.3, 0.4) is 0 Å². The third kappa shape index (κ3) is 5.27. The summed E-state index contributed by atoms with van der Waals surface area (Å²) in [5.74, 6) is 0. The molecule has 0 saturated carbocycles. The van der Waals surface area contributed by atoms with Gasteiger partial charge in [-0.3, -0.25) is 0 Å². The van der Waals surface area contributed by atoms with Crippen molar-refractivity contribution in [3.63, 3.8) is 0 Å². The van der Waals surface area contributed by atoms with Crippen molar-refractivity contribution in [2.45, 2.75) is 39.0 Å². The van der Waals surface area contributed by atoms with Crippen LogP contribution in [0.4, 0.5) is 0 Å². The Hall–Kier alpha value is -1.42. The summed E-state index contributed by atoms with van der Waals surface area (Å²) in [6, 6.07) is 10.4. The highest BCUT2D eigenvalue weighted by atomic mass is 28.3. The van der Waals surface area contributed by atoms with Gasteiger partial charge in [0, 0.05) is 12.6 Å². The number of hydrogen-bond acceptors (Lipinski definition) is 3. The summed E-state index contributed by atoms with van der Waals surface area (Å²) in [5, 5.41) is 4.54. The molecular weight excluding hydrogens is 240 g/mol. The molecule has 0 atom stereocenters. The Bertz CT molecular complexity index is 385. The molecule has 0 fully saturated rings. The molecule has 0 heterocycles. The average molecular weight is 262 g/mol. The zero-order chi connectivity index (χ0) is 13.4. The van der Waals surface area contributed by atoms with E-state index in [0.717, 1.165) is 19.3 Å². The minimum absolute atomic E-state index is 0.550. The molecule has 98 valence electrons. The molecule has 4 heteroatoms. The number of unbranched alkanes of at least 4 members (excludes halogenated alkanes) is 1. The quantitative estimate of drug-likeness (QED) is 0.248. The van der Waals surface area contributed by atoms with Gasteiger partial charge in [-0.15, -0.1) is 0 Å². The van der Waals surface area contributed by atoms with Crippen LogP contribution >= 0.6 is 0 Å². The molecule has 0 N–H and O–H groups in total. The van der Waals surface area contributed by atoms with Crippen molar-refractivity contribution in [1.82, 2.24) is 4.67 Å². The largest absolute Gasteiger partial charge is 0.321 e. The van der Waals surface area contributed by atoms with Gasteiger partial charge in [-0.25, -0.2) is 0 Å². The maximum absolute atomic E-state index is 10.3. The third-order valence-corrected chi connectivity index (χ3v) is 4.41. The minimum atomic E-state index is -1.48. The first kappa shape index (κ1) is 14.6. The van der Waals surface area contributed by atoms with Crippen LogP contribution in [-0.4, -0.2) is 25.4 Å². The molecule has 0 aliphatic rings. The number of hydrazone groups is 1. The molecule has 1 aromatic carbocycles. The van der Waals surface area contributed by atoms with Crippen LogP contribution in [0, 0.1) is 0 Å². The topological polar surface area (TPSA) is 32.7 Å². The van der Waals surface area contributed by atoms with Gasteiger partial charge in [0.05, 0.1) is 6.54 Å². The molecule has 0 aromatic heterocycles. The zero-order valence-corrected chi connectivity index (χ0v) is 12.5. The molecule has 0 amide bonds. The number of nitrogens with zero attached hydrogens (tertiary/aromatic N) is 2. The lowest BCUT2D eigenvalue weighted by Gasteiger charge is -2.31. The van der Waals surface area contributed by atoms with E-state index in [2.05, 4.69) is 41.5 Å². The molecule has 0 radical (unpaired) electrons. The van der Waals surface area contributed by atoms with E-state index in [1.165, 1.54) is 5.56 Å². The minimum Gasteiger partial charge on any atom is -0.321 e. The molecule has 0 bridgehead atoms. The van der Waals surface area contributed by atoms with Crippen molar-refractivity contribution in [3.8, 4) is 0 Å². The molecule has 0 unspecified atom stereocenters. The van der Waals surface area contributed by atoms with Gasteiger partial charge >= 0.3 is 0 Å². The lowest BCUT2D eigenvalue weighted by atomic mass is 10.2. The number of rotatable bonds is 7. The number of carbonyl (C=O) groups is 1. The van der Waals surface area contributed by atoms with Crippen LogP contribution in [0.5, 0.6) is 0 Å². The van der Waals surface area contributed by atoms with Crippen molar-refractivity contribution in [1.29, 1.82) is 0 Å². The smallest absolute Gasteiger partial charge is 0.169 e. The number of hydrogen-bond donors (Lipinski definition) is 0. The van der Waals surface area contributed by atoms with Crippen molar-refractivity contribution < 1.29 is 4.79 Å². The van der Waals surface area contributed by atoms with E-state index in [1.54, 1.807) is 0 Å². The Kier molecular flexibility index (Phi) is 5.78. The van der Waals surface area contributed by atoms with Gasteiger partial charge in [0.1, 0.15) is 6.29 Å². The van der Waals surface area contributed by atoms with Crippen LogP contribution in [0.25, 0.3) is 0 Å². The Morgan fingerprint density at radius 1 is 1.17 bits per heavy atom. The molecule has 0 spiro atoms. The second kappa shape index (κ2) is 7.11. The lowest BCUT2D eigenvalue weighted by Crippen LogP contribution is -2.41. The predicted octanol–water partition coefficient (Wildman–Crippen LogP) is 3.29. The maximum Gasteiger partial charge on any atom is 0.169 e. The van der Waals surface area contributed by atoms with Crippen molar-refractivity contribution in [3.05, 3.63) is 35.9 Å². The monoisotopic (exact) mass is 262 g/mol. The first-order valence-corrected chi connectivity index (χ1v) is 9.76. The van der Waals surface area contributed by atoms with Gasteiger partial charge in [-0.05, 0) is 12.0 Å². The summed E-state index contributed by atoms with van der Waals surface area (Å²) in [7, 11) is -1.48. The fraction of sp³-hybridized carbons (Fsp3) is 0.429. The first-order valence-electron chi connectivity index (χ1n) is 6.31. The van der Waals surface area contributed by atoms with Gasteiger partial charge in [-0.1, -0.05) is 50.0 Å². The normalized spacial score (nSPS) is 11.7. The van der Waals surface area contributed by atoms with Crippen LogP contribution < -0.4 is 0 Å². The van der Waals surface area contributed by atoms with Crippen molar-refractivity contribution >= 4 is 20.7 Å². The van der Waals surface area contributed by atoms with Gasteiger partial charge in [0.2, 0.25) is 0 Å². The molecule has 0 saturated heterocycles. The van der Waals surface area contributed by atoms with Crippen LogP contribution in [0.15, 0.2) is 35.4 Å². The second-order valence-corrected chi connectivity index (χ2v) is 10.1. The molecule has 1 rings (SSSR count). The lowest BCUT2D eigenvalue weighted by molar-refractivity contribution is -0.107. The van der Waals surface area contributed by atoms with Gasteiger partial charge < -0.3 is 9.47 Å². The van der Waals surface area contributed by atoms with E-state index in [0.29, 0.717) is 6.42 Å². The number of aldehydes is 1. The van der Waals surface area contributed by atoms with Gasteiger partial charge in [0.25, 0.3) is 0 Å². The van der Waals surface area contributed by atoms with Crippen molar-refractivity contribution in [2.75, 3.05) is 0 Å². The summed E-state index contributed by atoms with van der Waals surface area (Å²) < 4.78 is 2.19. The highest BCUT2D eigenvalue weighted by molar-refractivity contribution is 6.73. The molecule has 0 aliphatic carbocycles. The second-order valence-electron chi connectivity index (χ2n) is 5.26. The van der Waals surface area contributed by atoms with E-state index in [9.17, 15) is 4.79 Å². The maximum atomic E-state index is 10.3. The molecule has 0 aliphatic heterocycles. The Labute approximate surface area is 111 Å². The summed E-state index contributed by atoms with van der Waals surface area (Å²) in [6.07, 6.45) is 4.06. The van der Waals surface area contributed by atoms with E-state index in [1.807, 2.05) is 24.4 Å². The summed E-state index contributed by atoms with van der Waals surface area (Å²) in [5.41, 5.74) is 1.27. The standard InChI is InChI=1S/C14H22N2OSi/c1-18(2,3)16(15-11-7-8-12-17)13-14-9-5-4-6-10-14/h4-6,9-12H,7-8,13H2,1-3H3. The Balaban J connectivity index is 2.68. The Morgan fingerprint density at radius 3 is 2.39 bits per heavy atom. The fourth-order valence-electron chi connectivity index (χ4n) is 1.51. The van der Waals surface area contributed by atoms with E-state index < -0.39 is 8.24 Å². The van der Waals surface area contributed by atoms with Crippen LogP contribution in [0.2, 0.25) is 19.6 Å². The average Bonchev–Trinajstić information content (AvgIpc) is 2.33. The van der Waals surface area contributed by atoms with Crippen LogP contribution in [-0.2, 0) is 11.3 Å². The predicted molar refractivity (Wildman–Crippen MR) is 79.1 cm³/mol. The Morgan fingerprint density at radius 2 is 1.83 bits per heavy atom. The highest BCUT2D eigenvalue weighted by Gasteiger charge is 2.22. The van der Waals surface area contributed by atoms with Crippen molar-refractivity contribution in [2.24, 2.45) is 5.10 Å². The summed E-state index contributed by atoms with van der Waals surface area (Å²) >= 11 is 0. The summed E-state index contributed by atoms with van der Waals surface area (Å²) in [4.78, 5) is 10.3. The van der Waals surface area contributed by atoms with Crippen LogP contribution in [0.1, 0.15) is 18.4 Å². The highest BCUT2D eigenvalue weighted by Crippen LogP contribution is 2.14. The number of benzene rings is 1. The zero-order valence-electron chi connectivity index (χ0n) is 11.5. The molecule has 3 nitrogen and oxygen atoms in total.